The Bertz CT molecular complexity index is 1490. The van der Waals surface area contributed by atoms with Gasteiger partial charge in [-0.3, -0.25) is 9.59 Å². The second-order valence-electron chi connectivity index (χ2n) is 8.87. The Hall–Kier alpha value is -4.71. The molecule has 1 atom stereocenters. The third-order valence-corrected chi connectivity index (χ3v) is 6.09. The average Bonchev–Trinajstić information content (AvgIpc) is 3.30. The van der Waals surface area contributed by atoms with E-state index in [1.54, 1.807) is 38.2 Å². The van der Waals surface area contributed by atoms with Crippen molar-refractivity contribution in [3.05, 3.63) is 112 Å². The van der Waals surface area contributed by atoms with Gasteiger partial charge in [0, 0.05) is 30.1 Å². The smallest absolute Gasteiger partial charge is 0.366 e. The minimum absolute atomic E-state index is 0.0465. The highest BCUT2D eigenvalue weighted by molar-refractivity contribution is 6.16. The third-order valence-electron chi connectivity index (χ3n) is 6.09. The van der Waals surface area contributed by atoms with E-state index in [2.05, 4.69) is 16.1 Å². The Morgan fingerprint density at radius 1 is 1.15 bits per heavy atom. The number of hydrogen-bond acceptors (Lipinski definition) is 6. The molecule has 0 saturated carbocycles. The number of aryl methyl sites for hydroxylation is 1. The maximum absolute atomic E-state index is 15.0. The molecule has 39 heavy (non-hydrogen) atoms. The predicted octanol–water partition coefficient (Wildman–Crippen LogP) is 4.21. The molecule has 202 valence electrons. The Morgan fingerprint density at radius 3 is 2.46 bits per heavy atom. The highest BCUT2D eigenvalue weighted by Gasteiger charge is 2.37. The number of benzene rings is 2. The molecule has 2 aromatic carbocycles. The van der Waals surface area contributed by atoms with Gasteiger partial charge in [-0.15, -0.1) is 0 Å². The minimum Gasteiger partial charge on any atom is -0.366 e. The number of hydrogen-bond donors (Lipinski definition) is 5. The second kappa shape index (κ2) is 10.6. The summed E-state index contributed by atoms with van der Waals surface area (Å²) in [6.45, 7) is 1.79. The Balaban J connectivity index is 1.77. The largest absolute Gasteiger partial charge is 0.416 e. The fraction of sp³-hybridized carbons (Fsp3) is 0.148. The lowest BCUT2D eigenvalue weighted by Gasteiger charge is -2.22. The molecule has 1 heterocycles. The van der Waals surface area contributed by atoms with Gasteiger partial charge in [0.1, 0.15) is 11.6 Å². The van der Waals surface area contributed by atoms with E-state index in [1.807, 2.05) is 0 Å². The van der Waals surface area contributed by atoms with Gasteiger partial charge < -0.3 is 26.8 Å². The summed E-state index contributed by atoms with van der Waals surface area (Å²) < 4.78 is 56.3. The Labute approximate surface area is 221 Å². The van der Waals surface area contributed by atoms with Crippen molar-refractivity contribution < 1.29 is 27.2 Å². The van der Waals surface area contributed by atoms with Gasteiger partial charge in [-0.1, -0.05) is 18.2 Å². The molecule has 2 amide bonds. The standard InChI is InChI=1S/C27H24F4N6O2/c1-14-5-3-4-6-22(14)34-25(16-8-7-15(24(33)38)11-21(16)32)35-26(39)18-12-17(23-9-10-37(2)36-23)19(13-20(18)28)27(29,30)31/h3-13,23,32,34,36H,1-2H3,(H2,33,38)(H,35,39)/b25-16+,32-21?. The summed E-state index contributed by atoms with van der Waals surface area (Å²) in [5.74, 6) is -3.22. The van der Waals surface area contributed by atoms with E-state index in [9.17, 15) is 22.8 Å². The fourth-order valence-corrected chi connectivity index (χ4v) is 4.07. The van der Waals surface area contributed by atoms with Gasteiger partial charge in [-0.25, -0.2) is 9.82 Å². The van der Waals surface area contributed by atoms with Crippen LogP contribution in [0.15, 0.2) is 83.9 Å². The average molecular weight is 541 g/mol. The van der Waals surface area contributed by atoms with Crippen molar-refractivity contribution in [3.63, 3.8) is 0 Å². The van der Waals surface area contributed by atoms with Crippen molar-refractivity contribution in [2.75, 3.05) is 12.4 Å². The molecule has 6 N–H and O–H groups in total. The second-order valence-corrected chi connectivity index (χ2v) is 8.87. The van der Waals surface area contributed by atoms with E-state index in [-0.39, 0.29) is 28.2 Å². The summed E-state index contributed by atoms with van der Waals surface area (Å²) >= 11 is 0. The van der Waals surface area contributed by atoms with Crippen molar-refractivity contribution in [2.45, 2.75) is 19.1 Å². The number of para-hydroxylation sites is 1. The Morgan fingerprint density at radius 2 is 1.87 bits per heavy atom. The third kappa shape index (κ3) is 5.91. The lowest BCUT2D eigenvalue weighted by atomic mass is 9.96. The topological polar surface area (TPSA) is 123 Å². The van der Waals surface area contributed by atoms with Crippen LogP contribution in [0.5, 0.6) is 0 Å². The lowest BCUT2D eigenvalue weighted by Crippen LogP contribution is -2.32. The summed E-state index contributed by atoms with van der Waals surface area (Å²) in [5.41, 5.74) is 7.22. The van der Waals surface area contributed by atoms with Gasteiger partial charge in [0.25, 0.3) is 5.91 Å². The van der Waals surface area contributed by atoms with Crippen LogP contribution >= 0.6 is 0 Å². The van der Waals surface area contributed by atoms with Crippen LogP contribution in [0.2, 0.25) is 0 Å². The van der Waals surface area contributed by atoms with Gasteiger partial charge in [-0.05, 0) is 60.6 Å². The van der Waals surface area contributed by atoms with Gasteiger partial charge in [0.05, 0.1) is 22.9 Å². The van der Waals surface area contributed by atoms with E-state index in [0.29, 0.717) is 11.8 Å². The van der Waals surface area contributed by atoms with Gasteiger partial charge in [0.2, 0.25) is 5.91 Å². The number of carbonyl (C=O) groups is 2. The summed E-state index contributed by atoms with van der Waals surface area (Å²) in [5, 5.41) is 15.3. The molecule has 2 aromatic rings. The molecule has 0 saturated heterocycles. The van der Waals surface area contributed by atoms with E-state index in [4.69, 9.17) is 11.1 Å². The van der Waals surface area contributed by atoms with Crippen molar-refractivity contribution in [2.24, 2.45) is 5.73 Å². The maximum Gasteiger partial charge on any atom is 0.416 e. The van der Waals surface area contributed by atoms with Crippen molar-refractivity contribution >= 4 is 23.2 Å². The normalized spacial score (nSPS) is 18.2. The number of rotatable bonds is 6. The summed E-state index contributed by atoms with van der Waals surface area (Å²) in [6.07, 6.45) is 2.03. The van der Waals surface area contributed by atoms with E-state index in [1.165, 1.54) is 35.5 Å². The zero-order chi connectivity index (χ0) is 28.5. The number of amides is 2. The predicted molar refractivity (Wildman–Crippen MR) is 138 cm³/mol. The number of allylic oxidation sites excluding steroid dienone is 3. The van der Waals surface area contributed by atoms with Gasteiger partial charge >= 0.3 is 6.18 Å². The first-order valence-corrected chi connectivity index (χ1v) is 11.6. The summed E-state index contributed by atoms with van der Waals surface area (Å²) in [6, 6.07) is 7.22. The van der Waals surface area contributed by atoms with Crippen LogP contribution in [0.4, 0.5) is 23.2 Å². The monoisotopic (exact) mass is 540 g/mol. The van der Waals surface area contributed by atoms with Crippen LogP contribution < -0.4 is 21.8 Å². The quantitative estimate of drug-likeness (QED) is 0.351. The van der Waals surface area contributed by atoms with Crippen LogP contribution in [-0.2, 0) is 11.0 Å². The first kappa shape index (κ1) is 27.3. The molecule has 0 aromatic heterocycles. The summed E-state index contributed by atoms with van der Waals surface area (Å²) in [7, 11) is 1.58. The minimum atomic E-state index is -4.87. The van der Waals surface area contributed by atoms with Crippen LogP contribution in [0.3, 0.4) is 0 Å². The molecular weight excluding hydrogens is 516 g/mol. The molecule has 1 aliphatic heterocycles. The van der Waals surface area contributed by atoms with Gasteiger partial charge in [-0.2, -0.15) is 13.2 Å². The number of nitrogens with zero attached hydrogens (tertiary/aromatic N) is 1. The van der Waals surface area contributed by atoms with Crippen molar-refractivity contribution in [3.8, 4) is 0 Å². The number of alkyl halides is 3. The highest BCUT2D eigenvalue weighted by Crippen LogP contribution is 2.37. The first-order valence-electron chi connectivity index (χ1n) is 11.6. The van der Waals surface area contributed by atoms with E-state index in [0.717, 1.165) is 11.6 Å². The number of nitrogens with two attached hydrogens (primary N) is 1. The van der Waals surface area contributed by atoms with Crippen LogP contribution in [0, 0.1) is 18.2 Å². The molecule has 0 radical (unpaired) electrons. The maximum atomic E-state index is 15.0. The molecule has 4 rings (SSSR count). The van der Waals surface area contributed by atoms with Crippen LogP contribution in [0.25, 0.3) is 0 Å². The van der Waals surface area contributed by atoms with E-state index >= 15 is 4.39 Å². The van der Waals surface area contributed by atoms with Crippen LogP contribution in [-0.4, -0.2) is 29.6 Å². The molecular formula is C27H24F4N6O2. The molecule has 0 fully saturated rings. The number of hydrazine groups is 1. The Kier molecular flexibility index (Phi) is 7.41. The zero-order valence-electron chi connectivity index (χ0n) is 20.8. The number of nitrogens with one attached hydrogen (secondary N) is 4. The molecule has 12 heteroatoms. The van der Waals surface area contributed by atoms with E-state index < -0.39 is 41.0 Å². The van der Waals surface area contributed by atoms with Gasteiger partial charge in [0.15, 0.2) is 0 Å². The molecule has 0 bridgehead atoms. The molecule has 0 spiro atoms. The zero-order valence-corrected chi connectivity index (χ0v) is 20.8. The summed E-state index contributed by atoms with van der Waals surface area (Å²) in [4.78, 5) is 24.9. The number of halogens is 4. The van der Waals surface area contributed by atoms with Crippen molar-refractivity contribution in [1.29, 1.82) is 5.41 Å². The van der Waals surface area contributed by atoms with Crippen molar-refractivity contribution in [1.82, 2.24) is 15.8 Å². The molecule has 1 aliphatic carbocycles. The number of carbonyl (C=O) groups excluding carboxylic acids is 2. The lowest BCUT2D eigenvalue weighted by molar-refractivity contribution is -0.138. The molecule has 2 aliphatic rings. The first-order chi connectivity index (χ1) is 18.3. The fourth-order valence-electron chi connectivity index (χ4n) is 4.07. The SMILES string of the molecule is Cc1ccccc1N/C(NC(=O)c1cc(C2C=CN(C)N2)c(C(F)(F)F)cc1F)=C1/C=CC(C(N)=O)=CC1=N. The number of primary amides is 1. The molecule has 1 unspecified atom stereocenters. The number of anilines is 1. The van der Waals surface area contributed by atoms with Crippen LogP contribution in [0.1, 0.15) is 33.1 Å². The molecule has 8 nitrogen and oxygen atoms in total. The highest BCUT2D eigenvalue weighted by atomic mass is 19.4.